The third-order valence-electron chi connectivity index (χ3n) is 2.84. The minimum atomic E-state index is -0.730. The fourth-order valence-electron chi connectivity index (χ4n) is 2.08. The summed E-state index contributed by atoms with van der Waals surface area (Å²) in [6, 6.07) is 5.92. The molecule has 2 N–H and O–H groups in total. The van der Waals surface area contributed by atoms with Gasteiger partial charge in [-0.1, -0.05) is 31.9 Å². The van der Waals surface area contributed by atoms with Gasteiger partial charge in [0.2, 0.25) is 0 Å². The van der Waals surface area contributed by atoms with Gasteiger partial charge in [0.05, 0.1) is 5.92 Å². The Morgan fingerprint density at radius 2 is 1.88 bits per heavy atom. The van der Waals surface area contributed by atoms with E-state index in [1.54, 1.807) is 0 Å². The van der Waals surface area contributed by atoms with E-state index in [9.17, 15) is 4.79 Å². The maximum absolute atomic E-state index is 11.1. The van der Waals surface area contributed by atoms with Crippen molar-refractivity contribution in [1.29, 1.82) is 0 Å². The molecule has 0 spiro atoms. The van der Waals surface area contributed by atoms with Gasteiger partial charge in [-0.15, -0.1) is 0 Å². The fraction of sp³-hybridized carbons (Fsp3) is 0.364. The number of hydrogen-bond donors (Lipinski definition) is 2. The van der Waals surface area contributed by atoms with Crippen molar-refractivity contribution in [3.63, 3.8) is 0 Å². The number of carboxylic acids is 1. The van der Waals surface area contributed by atoms with Crippen LogP contribution < -0.4 is 5.32 Å². The van der Waals surface area contributed by atoms with Gasteiger partial charge in [0.1, 0.15) is 0 Å². The Morgan fingerprint density at radius 3 is 2.44 bits per heavy atom. The minimum absolute atomic E-state index is 0.0475. The molecule has 1 heterocycles. The summed E-state index contributed by atoms with van der Waals surface area (Å²) in [5.74, 6) is -1.02. The molecular weight excluding hydrogens is 338 g/mol. The summed E-state index contributed by atoms with van der Waals surface area (Å²) in [5.41, 5.74) is 1.05. The van der Waals surface area contributed by atoms with Crippen molar-refractivity contribution in [2.75, 3.05) is 13.1 Å². The lowest BCUT2D eigenvalue weighted by Gasteiger charge is -2.15. The van der Waals surface area contributed by atoms with Crippen molar-refractivity contribution in [2.24, 2.45) is 5.92 Å². The molecule has 1 aromatic rings. The van der Waals surface area contributed by atoms with Gasteiger partial charge in [-0.05, 0) is 23.8 Å². The van der Waals surface area contributed by atoms with Crippen molar-refractivity contribution in [3.05, 3.63) is 32.7 Å². The Kier molecular flexibility index (Phi) is 3.66. The first-order valence-electron chi connectivity index (χ1n) is 4.97. The molecule has 2 rings (SSSR count). The highest BCUT2D eigenvalue weighted by Gasteiger charge is 2.33. The van der Waals surface area contributed by atoms with Gasteiger partial charge in [0, 0.05) is 28.0 Å². The summed E-state index contributed by atoms with van der Waals surface area (Å²) in [4.78, 5) is 11.1. The predicted molar refractivity (Wildman–Crippen MR) is 68.6 cm³/mol. The molecule has 1 fully saturated rings. The molecule has 1 aliphatic heterocycles. The standard InChI is InChI=1S/C11H11Br2NO2/c12-7-1-6(2-8(13)3-7)9-4-14-5-10(9)11(15)16/h1-3,9-10,14H,4-5H2,(H,15,16)/t9-,10+/m0/s1. The molecule has 5 heteroatoms. The monoisotopic (exact) mass is 347 g/mol. The van der Waals surface area contributed by atoms with Crippen LogP contribution in [0.1, 0.15) is 11.5 Å². The Morgan fingerprint density at radius 1 is 1.25 bits per heavy atom. The van der Waals surface area contributed by atoms with Crippen LogP contribution in [0.5, 0.6) is 0 Å². The SMILES string of the molecule is O=C(O)[C@@H]1CNC[C@H]1c1cc(Br)cc(Br)c1. The lowest BCUT2D eigenvalue weighted by molar-refractivity contribution is -0.141. The van der Waals surface area contributed by atoms with Crippen molar-refractivity contribution >= 4 is 37.8 Å². The molecule has 16 heavy (non-hydrogen) atoms. The van der Waals surface area contributed by atoms with Gasteiger partial charge in [-0.2, -0.15) is 0 Å². The molecule has 0 amide bonds. The maximum Gasteiger partial charge on any atom is 0.308 e. The zero-order valence-corrected chi connectivity index (χ0v) is 11.6. The largest absolute Gasteiger partial charge is 0.481 e. The van der Waals surface area contributed by atoms with Crippen molar-refractivity contribution in [3.8, 4) is 0 Å². The van der Waals surface area contributed by atoms with Gasteiger partial charge in [-0.3, -0.25) is 4.79 Å². The zero-order chi connectivity index (χ0) is 11.7. The molecule has 0 saturated carbocycles. The van der Waals surface area contributed by atoms with Crippen LogP contribution in [0.2, 0.25) is 0 Å². The van der Waals surface area contributed by atoms with Crippen LogP contribution in [0.3, 0.4) is 0 Å². The molecule has 1 aromatic carbocycles. The summed E-state index contributed by atoms with van der Waals surface area (Å²) >= 11 is 6.84. The summed E-state index contributed by atoms with van der Waals surface area (Å²) in [6.45, 7) is 1.27. The molecule has 0 aromatic heterocycles. The van der Waals surface area contributed by atoms with Crippen molar-refractivity contribution in [2.45, 2.75) is 5.92 Å². The highest BCUT2D eigenvalue weighted by atomic mass is 79.9. The number of nitrogens with one attached hydrogen (secondary N) is 1. The first-order valence-corrected chi connectivity index (χ1v) is 6.56. The van der Waals surface area contributed by atoms with Crippen LogP contribution >= 0.6 is 31.9 Å². The third-order valence-corrected chi connectivity index (χ3v) is 3.76. The molecule has 0 unspecified atom stereocenters. The molecule has 0 radical (unpaired) electrons. The number of benzene rings is 1. The van der Waals surface area contributed by atoms with Gasteiger partial charge < -0.3 is 10.4 Å². The number of carboxylic acid groups (broad SMARTS) is 1. The minimum Gasteiger partial charge on any atom is -0.481 e. The van der Waals surface area contributed by atoms with Gasteiger partial charge in [0.25, 0.3) is 0 Å². The van der Waals surface area contributed by atoms with Crippen molar-refractivity contribution in [1.82, 2.24) is 5.32 Å². The van der Waals surface area contributed by atoms with E-state index in [1.807, 2.05) is 18.2 Å². The Hall–Kier alpha value is -0.390. The van der Waals surface area contributed by atoms with E-state index in [4.69, 9.17) is 5.11 Å². The van der Waals surface area contributed by atoms with Gasteiger partial charge >= 0.3 is 5.97 Å². The molecule has 3 nitrogen and oxygen atoms in total. The molecule has 2 atom stereocenters. The Balaban J connectivity index is 2.32. The quantitative estimate of drug-likeness (QED) is 0.863. The number of halogens is 2. The number of hydrogen-bond acceptors (Lipinski definition) is 2. The fourth-order valence-corrected chi connectivity index (χ4v) is 3.41. The summed E-state index contributed by atoms with van der Waals surface area (Å²) < 4.78 is 1.93. The van der Waals surface area contributed by atoms with E-state index in [0.717, 1.165) is 21.1 Å². The zero-order valence-electron chi connectivity index (χ0n) is 8.41. The van der Waals surface area contributed by atoms with Crippen LogP contribution in [0, 0.1) is 5.92 Å². The van der Waals surface area contributed by atoms with Crippen molar-refractivity contribution < 1.29 is 9.90 Å². The summed E-state index contributed by atoms with van der Waals surface area (Å²) in [5, 5.41) is 12.2. The van der Waals surface area contributed by atoms with Crippen LogP contribution in [0.15, 0.2) is 27.1 Å². The normalized spacial score (nSPS) is 24.6. The summed E-state index contributed by atoms with van der Waals surface area (Å²) in [7, 11) is 0. The second-order valence-electron chi connectivity index (χ2n) is 3.91. The topological polar surface area (TPSA) is 49.3 Å². The van der Waals surface area contributed by atoms with E-state index >= 15 is 0 Å². The molecule has 1 saturated heterocycles. The number of aliphatic carboxylic acids is 1. The Bertz CT molecular complexity index is 402. The number of carbonyl (C=O) groups is 1. The summed E-state index contributed by atoms with van der Waals surface area (Å²) in [6.07, 6.45) is 0. The highest BCUT2D eigenvalue weighted by molar-refractivity contribution is 9.11. The van der Waals surface area contributed by atoms with Crippen LogP contribution in [0.4, 0.5) is 0 Å². The number of rotatable bonds is 2. The molecule has 0 aliphatic carbocycles. The second-order valence-corrected chi connectivity index (χ2v) is 5.74. The lowest BCUT2D eigenvalue weighted by atomic mass is 9.89. The highest BCUT2D eigenvalue weighted by Crippen LogP contribution is 2.32. The molecule has 0 bridgehead atoms. The van der Waals surface area contributed by atoms with E-state index in [0.29, 0.717) is 6.54 Å². The lowest BCUT2D eigenvalue weighted by Crippen LogP contribution is -2.21. The van der Waals surface area contributed by atoms with E-state index < -0.39 is 5.97 Å². The van der Waals surface area contributed by atoms with Crippen LogP contribution in [0.25, 0.3) is 0 Å². The average molecular weight is 349 g/mol. The Labute approximate surface area is 110 Å². The first kappa shape index (κ1) is 12.1. The van der Waals surface area contributed by atoms with E-state index in [-0.39, 0.29) is 11.8 Å². The van der Waals surface area contributed by atoms with Gasteiger partial charge in [0.15, 0.2) is 0 Å². The van der Waals surface area contributed by atoms with E-state index in [2.05, 4.69) is 37.2 Å². The van der Waals surface area contributed by atoms with Gasteiger partial charge in [-0.25, -0.2) is 0 Å². The molecular formula is C11H11Br2NO2. The smallest absolute Gasteiger partial charge is 0.308 e. The molecule has 1 aliphatic rings. The first-order chi connectivity index (χ1) is 7.58. The third kappa shape index (κ3) is 2.47. The van der Waals surface area contributed by atoms with Crippen LogP contribution in [-0.4, -0.2) is 24.2 Å². The van der Waals surface area contributed by atoms with Crippen LogP contribution in [-0.2, 0) is 4.79 Å². The second kappa shape index (κ2) is 4.85. The predicted octanol–water partition coefficient (Wildman–Crippen LogP) is 2.60. The molecule has 86 valence electrons. The van der Waals surface area contributed by atoms with E-state index in [1.165, 1.54) is 0 Å². The average Bonchev–Trinajstić information content (AvgIpc) is 2.63. The maximum atomic E-state index is 11.1.